The van der Waals surface area contributed by atoms with Gasteiger partial charge in [0.1, 0.15) is 0 Å². The predicted octanol–water partition coefficient (Wildman–Crippen LogP) is 3.14. The Morgan fingerprint density at radius 2 is 2.08 bits per heavy atom. The van der Waals surface area contributed by atoms with Crippen LogP contribution in [0.4, 0.5) is 0 Å². The quantitative estimate of drug-likeness (QED) is 0.817. The second-order valence-corrected chi connectivity index (χ2v) is 3.63. The van der Waals surface area contributed by atoms with Gasteiger partial charge in [-0.2, -0.15) is 0 Å². The van der Waals surface area contributed by atoms with Crippen molar-refractivity contribution in [3.63, 3.8) is 0 Å². The van der Waals surface area contributed by atoms with Gasteiger partial charge >= 0.3 is 0 Å². The van der Waals surface area contributed by atoms with Crippen LogP contribution < -0.4 is 5.73 Å². The van der Waals surface area contributed by atoms with Crippen LogP contribution in [0.15, 0.2) is 23.0 Å². The first-order chi connectivity index (χ1) is 5.70. The summed E-state index contributed by atoms with van der Waals surface area (Å²) in [5, 5.41) is 0. The first kappa shape index (κ1) is 12.5. The van der Waals surface area contributed by atoms with Crippen molar-refractivity contribution in [2.75, 3.05) is 0 Å². The molecule has 76 valence electrons. The molecule has 0 bridgehead atoms. The highest BCUT2D eigenvalue weighted by atomic mass is 35.5. The summed E-state index contributed by atoms with van der Waals surface area (Å²) in [6.07, 6.45) is 5.61. The molecule has 0 fully saturated rings. The van der Waals surface area contributed by atoms with Gasteiger partial charge in [0.2, 0.25) is 0 Å². The molecule has 1 aromatic heterocycles. The molecule has 0 saturated carbocycles. The summed E-state index contributed by atoms with van der Waals surface area (Å²) in [6.45, 7) is 4.42. The van der Waals surface area contributed by atoms with Crippen LogP contribution in [0.2, 0.25) is 0 Å². The maximum absolute atomic E-state index is 5.93. The fourth-order valence-corrected chi connectivity index (χ4v) is 1.17. The Balaban J connectivity index is 0.00000144. The van der Waals surface area contributed by atoms with Crippen molar-refractivity contribution in [1.29, 1.82) is 0 Å². The zero-order valence-electron chi connectivity index (χ0n) is 8.19. The Bertz CT molecular complexity index is 209. The lowest BCUT2D eigenvalue weighted by Gasteiger charge is -2.10. The number of nitrogens with two attached hydrogens (primary N) is 1. The van der Waals surface area contributed by atoms with E-state index in [0.717, 1.165) is 17.9 Å². The third-order valence-electron chi connectivity index (χ3n) is 2.03. The summed E-state index contributed by atoms with van der Waals surface area (Å²) in [5.74, 6) is 0.725. The van der Waals surface area contributed by atoms with E-state index in [4.69, 9.17) is 10.2 Å². The third kappa shape index (κ3) is 4.34. The molecule has 0 aliphatic carbocycles. The minimum absolute atomic E-state index is 0. The Morgan fingerprint density at radius 1 is 1.38 bits per heavy atom. The van der Waals surface area contributed by atoms with Gasteiger partial charge in [-0.05, 0) is 24.8 Å². The van der Waals surface area contributed by atoms with Crippen molar-refractivity contribution in [3.05, 3.63) is 24.2 Å². The highest BCUT2D eigenvalue weighted by Gasteiger charge is 2.07. The Kier molecular flexibility index (Phi) is 5.84. The topological polar surface area (TPSA) is 39.2 Å². The van der Waals surface area contributed by atoms with E-state index in [-0.39, 0.29) is 18.4 Å². The second-order valence-electron chi connectivity index (χ2n) is 3.63. The molecule has 2 N–H and O–H groups in total. The highest BCUT2D eigenvalue weighted by molar-refractivity contribution is 5.85. The Morgan fingerprint density at radius 3 is 2.54 bits per heavy atom. The molecule has 0 aliphatic heterocycles. The van der Waals surface area contributed by atoms with E-state index in [1.165, 1.54) is 6.42 Å². The van der Waals surface area contributed by atoms with Crippen LogP contribution in [0.5, 0.6) is 0 Å². The zero-order valence-corrected chi connectivity index (χ0v) is 9.01. The fourth-order valence-electron chi connectivity index (χ4n) is 1.17. The lowest BCUT2D eigenvalue weighted by molar-refractivity contribution is 0.500. The smallest absolute Gasteiger partial charge is 0.0950 e. The molecule has 13 heavy (non-hydrogen) atoms. The molecule has 1 atom stereocenters. The van der Waals surface area contributed by atoms with Crippen LogP contribution >= 0.6 is 12.4 Å². The highest BCUT2D eigenvalue weighted by Crippen LogP contribution is 2.18. The van der Waals surface area contributed by atoms with Crippen LogP contribution in [0.3, 0.4) is 0 Å². The van der Waals surface area contributed by atoms with E-state index in [9.17, 15) is 0 Å². The molecule has 0 unspecified atom stereocenters. The Labute approximate surface area is 85.9 Å². The number of halogens is 1. The number of furan rings is 1. The average molecular weight is 204 g/mol. The molecular weight excluding hydrogens is 186 g/mol. The maximum Gasteiger partial charge on any atom is 0.0950 e. The van der Waals surface area contributed by atoms with E-state index in [1.54, 1.807) is 12.5 Å². The van der Waals surface area contributed by atoms with Gasteiger partial charge in [0.05, 0.1) is 12.5 Å². The van der Waals surface area contributed by atoms with Gasteiger partial charge in [0.25, 0.3) is 0 Å². The van der Waals surface area contributed by atoms with Gasteiger partial charge in [-0.1, -0.05) is 13.8 Å². The molecule has 0 spiro atoms. The molecule has 0 amide bonds. The Hall–Kier alpha value is -0.470. The van der Waals surface area contributed by atoms with Crippen molar-refractivity contribution >= 4 is 12.4 Å². The first-order valence-corrected chi connectivity index (χ1v) is 4.48. The van der Waals surface area contributed by atoms with E-state index in [2.05, 4.69) is 13.8 Å². The van der Waals surface area contributed by atoms with Gasteiger partial charge in [0.15, 0.2) is 0 Å². The van der Waals surface area contributed by atoms with Gasteiger partial charge in [-0.25, -0.2) is 0 Å². The standard InChI is InChI=1S/C10H17NO.ClH/c1-8(2)3-4-10(11)9-5-6-12-7-9;/h5-8,10H,3-4,11H2,1-2H3;1H/t10-;/m0./s1. The minimum Gasteiger partial charge on any atom is -0.472 e. The molecule has 1 heterocycles. The van der Waals surface area contributed by atoms with Gasteiger partial charge in [0, 0.05) is 11.6 Å². The summed E-state index contributed by atoms with van der Waals surface area (Å²) < 4.78 is 4.96. The molecule has 3 heteroatoms. The van der Waals surface area contributed by atoms with Crippen molar-refractivity contribution in [2.45, 2.75) is 32.7 Å². The van der Waals surface area contributed by atoms with Crippen LogP contribution in [-0.4, -0.2) is 0 Å². The van der Waals surface area contributed by atoms with E-state index < -0.39 is 0 Å². The SMILES string of the molecule is CC(C)CC[C@H](N)c1ccoc1.Cl. The number of hydrogen-bond donors (Lipinski definition) is 1. The van der Waals surface area contributed by atoms with Crippen molar-refractivity contribution in [2.24, 2.45) is 11.7 Å². The monoisotopic (exact) mass is 203 g/mol. The normalized spacial score (nSPS) is 12.6. The van der Waals surface area contributed by atoms with Gasteiger partial charge in [-0.3, -0.25) is 0 Å². The summed E-state index contributed by atoms with van der Waals surface area (Å²) in [7, 11) is 0. The fraction of sp³-hybridized carbons (Fsp3) is 0.600. The summed E-state index contributed by atoms with van der Waals surface area (Å²) in [5.41, 5.74) is 7.03. The maximum atomic E-state index is 5.93. The van der Waals surface area contributed by atoms with Gasteiger partial charge < -0.3 is 10.2 Å². The summed E-state index contributed by atoms with van der Waals surface area (Å²) in [4.78, 5) is 0. The predicted molar refractivity (Wildman–Crippen MR) is 57.0 cm³/mol. The van der Waals surface area contributed by atoms with Gasteiger partial charge in [-0.15, -0.1) is 12.4 Å². The van der Waals surface area contributed by atoms with Crippen molar-refractivity contribution < 1.29 is 4.42 Å². The lowest BCUT2D eigenvalue weighted by Crippen LogP contribution is -2.10. The first-order valence-electron chi connectivity index (χ1n) is 4.48. The molecule has 1 rings (SSSR count). The largest absolute Gasteiger partial charge is 0.472 e. The van der Waals surface area contributed by atoms with Crippen LogP contribution in [0, 0.1) is 5.92 Å². The molecule has 0 saturated heterocycles. The van der Waals surface area contributed by atoms with E-state index in [0.29, 0.717) is 0 Å². The van der Waals surface area contributed by atoms with Crippen LogP contribution in [0.1, 0.15) is 38.3 Å². The molecule has 2 nitrogen and oxygen atoms in total. The second kappa shape index (κ2) is 6.06. The van der Waals surface area contributed by atoms with Crippen LogP contribution in [-0.2, 0) is 0 Å². The zero-order chi connectivity index (χ0) is 8.97. The number of hydrogen-bond acceptors (Lipinski definition) is 2. The van der Waals surface area contributed by atoms with Crippen molar-refractivity contribution in [3.8, 4) is 0 Å². The number of rotatable bonds is 4. The summed E-state index contributed by atoms with van der Waals surface area (Å²) in [6, 6.07) is 2.08. The third-order valence-corrected chi connectivity index (χ3v) is 2.03. The molecule has 1 aromatic rings. The molecular formula is C10H18ClNO. The van der Waals surface area contributed by atoms with E-state index >= 15 is 0 Å². The molecule has 0 aromatic carbocycles. The van der Waals surface area contributed by atoms with Crippen molar-refractivity contribution in [1.82, 2.24) is 0 Å². The van der Waals surface area contributed by atoms with Crippen LogP contribution in [0.25, 0.3) is 0 Å². The molecule has 0 radical (unpaired) electrons. The van der Waals surface area contributed by atoms with E-state index in [1.807, 2.05) is 6.07 Å². The summed E-state index contributed by atoms with van der Waals surface area (Å²) >= 11 is 0. The average Bonchev–Trinajstić information content (AvgIpc) is 2.51. The lowest BCUT2D eigenvalue weighted by atomic mass is 10.0. The molecule has 0 aliphatic rings. The minimum atomic E-state index is 0.